The molecule has 0 saturated carbocycles. The number of hydrogen-bond donors (Lipinski definition) is 0. The number of carbonyl (C=O) groups is 2. The van der Waals surface area contributed by atoms with Gasteiger partial charge in [0.1, 0.15) is 18.1 Å². The summed E-state index contributed by atoms with van der Waals surface area (Å²) < 4.78 is 5.49. The maximum Gasteiger partial charge on any atom is 0.267 e. The van der Waals surface area contributed by atoms with Crippen LogP contribution >= 0.6 is 0 Å². The van der Waals surface area contributed by atoms with Gasteiger partial charge in [0.2, 0.25) is 6.10 Å². The lowest BCUT2D eigenvalue weighted by molar-refractivity contribution is -0.163. The molecule has 0 aliphatic carbocycles. The van der Waals surface area contributed by atoms with Crippen LogP contribution in [-0.4, -0.2) is 35.8 Å². The zero-order chi connectivity index (χ0) is 12.3. The van der Waals surface area contributed by atoms with Crippen LogP contribution in [0.5, 0.6) is 5.75 Å². The van der Waals surface area contributed by atoms with Crippen LogP contribution in [0.2, 0.25) is 0 Å². The quantitative estimate of drug-likeness (QED) is 0.432. The summed E-state index contributed by atoms with van der Waals surface area (Å²) in [6, 6.07) is 8.49. The highest BCUT2D eigenvalue weighted by atomic mass is 16.5. The van der Waals surface area contributed by atoms with Crippen LogP contribution < -0.4 is 4.74 Å². The molecule has 4 heteroatoms. The molecule has 0 bridgehead atoms. The van der Waals surface area contributed by atoms with Crippen molar-refractivity contribution in [3.8, 4) is 5.75 Å². The average molecular weight is 231 g/mol. The van der Waals surface area contributed by atoms with Crippen molar-refractivity contribution >= 4 is 12.2 Å². The second-order valence-electron chi connectivity index (χ2n) is 3.76. The number of likely N-dealkylation sites (tertiary alicyclic amines) is 1. The van der Waals surface area contributed by atoms with Gasteiger partial charge in [0, 0.05) is 6.54 Å². The first kappa shape index (κ1) is 11.4. The highest BCUT2D eigenvalue weighted by Crippen LogP contribution is 2.24. The number of amides is 1. The third-order valence-electron chi connectivity index (χ3n) is 2.67. The van der Waals surface area contributed by atoms with Gasteiger partial charge in [0.25, 0.3) is 5.91 Å². The number of nitrogens with zero attached hydrogens (tertiary/aromatic N) is 1. The van der Waals surface area contributed by atoms with Gasteiger partial charge in [0.05, 0.1) is 0 Å². The molecule has 2 atom stereocenters. The number of rotatable bonds is 5. The number of β-lactam (4-membered cyclic amide) rings is 1. The fraction of sp³-hybridized carbons (Fsp3) is 0.231. The Balaban J connectivity index is 2.05. The predicted molar refractivity (Wildman–Crippen MR) is 62.6 cm³/mol. The molecule has 1 fully saturated rings. The van der Waals surface area contributed by atoms with E-state index >= 15 is 0 Å². The monoisotopic (exact) mass is 231 g/mol. The largest absolute Gasteiger partial charge is 0.478 e. The van der Waals surface area contributed by atoms with Gasteiger partial charge >= 0.3 is 0 Å². The summed E-state index contributed by atoms with van der Waals surface area (Å²) in [7, 11) is 0. The van der Waals surface area contributed by atoms with Gasteiger partial charge in [0.15, 0.2) is 0 Å². The van der Waals surface area contributed by atoms with Crippen molar-refractivity contribution in [2.75, 3.05) is 6.54 Å². The van der Waals surface area contributed by atoms with Gasteiger partial charge in [-0.05, 0) is 12.1 Å². The molecule has 1 aliphatic rings. The van der Waals surface area contributed by atoms with Crippen molar-refractivity contribution in [1.82, 2.24) is 4.90 Å². The van der Waals surface area contributed by atoms with E-state index < -0.39 is 12.1 Å². The van der Waals surface area contributed by atoms with E-state index in [0.29, 0.717) is 12.3 Å². The molecule has 0 radical (unpaired) electrons. The molecular weight excluding hydrogens is 218 g/mol. The van der Waals surface area contributed by atoms with Gasteiger partial charge in [-0.15, -0.1) is 6.58 Å². The van der Waals surface area contributed by atoms with E-state index in [-0.39, 0.29) is 5.91 Å². The topological polar surface area (TPSA) is 46.6 Å². The molecule has 0 aromatic heterocycles. The van der Waals surface area contributed by atoms with E-state index in [1.807, 2.05) is 18.2 Å². The molecule has 88 valence electrons. The van der Waals surface area contributed by atoms with Gasteiger partial charge in [-0.1, -0.05) is 24.3 Å². The molecule has 0 N–H and O–H groups in total. The van der Waals surface area contributed by atoms with Crippen molar-refractivity contribution in [2.24, 2.45) is 0 Å². The molecule has 1 heterocycles. The molecule has 1 saturated heterocycles. The van der Waals surface area contributed by atoms with Crippen LogP contribution in [-0.2, 0) is 9.59 Å². The molecule has 1 aliphatic heterocycles. The Morgan fingerprint density at radius 3 is 2.65 bits per heavy atom. The zero-order valence-electron chi connectivity index (χ0n) is 9.28. The van der Waals surface area contributed by atoms with Crippen molar-refractivity contribution in [3.05, 3.63) is 43.0 Å². The molecule has 1 aromatic rings. The summed E-state index contributed by atoms with van der Waals surface area (Å²) in [6.07, 6.45) is 1.63. The zero-order valence-corrected chi connectivity index (χ0v) is 9.28. The number of ether oxygens (including phenoxy) is 1. The van der Waals surface area contributed by atoms with Crippen LogP contribution in [0.1, 0.15) is 0 Å². The second-order valence-corrected chi connectivity index (χ2v) is 3.76. The van der Waals surface area contributed by atoms with Crippen LogP contribution in [0.25, 0.3) is 0 Å². The van der Waals surface area contributed by atoms with Crippen LogP contribution in [0.3, 0.4) is 0 Å². The Labute approximate surface area is 99.5 Å². The van der Waals surface area contributed by atoms with E-state index in [4.69, 9.17) is 4.74 Å². The smallest absolute Gasteiger partial charge is 0.267 e. The lowest BCUT2D eigenvalue weighted by Gasteiger charge is -2.42. The van der Waals surface area contributed by atoms with E-state index in [9.17, 15) is 9.59 Å². The maximum atomic E-state index is 11.7. The Kier molecular flexibility index (Phi) is 3.23. The summed E-state index contributed by atoms with van der Waals surface area (Å²) in [4.78, 5) is 24.1. The number of aldehydes is 1. The first-order valence-electron chi connectivity index (χ1n) is 5.36. The average Bonchev–Trinajstić information content (AvgIpc) is 2.38. The summed E-state index contributed by atoms with van der Waals surface area (Å²) in [5.74, 6) is 0.418. The molecule has 0 unspecified atom stereocenters. The minimum Gasteiger partial charge on any atom is -0.478 e. The molecular formula is C13H13NO3. The molecule has 1 amide bonds. The molecule has 4 nitrogen and oxygen atoms in total. The predicted octanol–water partition coefficient (Wildman–Crippen LogP) is 1.03. The van der Waals surface area contributed by atoms with Gasteiger partial charge in [-0.2, -0.15) is 0 Å². The Hall–Kier alpha value is -2.10. The van der Waals surface area contributed by atoms with Gasteiger partial charge < -0.3 is 14.4 Å². The number of hydrogen-bond acceptors (Lipinski definition) is 3. The fourth-order valence-corrected chi connectivity index (χ4v) is 1.80. The van der Waals surface area contributed by atoms with Crippen molar-refractivity contribution in [3.63, 3.8) is 0 Å². The highest BCUT2D eigenvalue weighted by Gasteiger charge is 2.48. The van der Waals surface area contributed by atoms with Crippen LogP contribution in [0, 0.1) is 0 Å². The maximum absolute atomic E-state index is 11.7. The fourth-order valence-electron chi connectivity index (χ4n) is 1.80. The summed E-state index contributed by atoms with van der Waals surface area (Å²) >= 11 is 0. The normalized spacial score (nSPS) is 22.8. The van der Waals surface area contributed by atoms with Gasteiger partial charge in [-0.3, -0.25) is 4.79 Å². The van der Waals surface area contributed by atoms with Gasteiger partial charge in [-0.25, -0.2) is 0 Å². The number of benzene rings is 1. The molecule has 2 rings (SSSR count). The number of para-hydroxylation sites is 1. The number of carbonyl (C=O) groups excluding carboxylic acids is 2. The molecule has 0 spiro atoms. The van der Waals surface area contributed by atoms with Crippen LogP contribution in [0.4, 0.5) is 0 Å². The summed E-state index contributed by atoms with van der Waals surface area (Å²) in [5.41, 5.74) is 0. The van der Waals surface area contributed by atoms with E-state index in [1.165, 1.54) is 4.90 Å². The third-order valence-corrected chi connectivity index (χ3v) is 2.67. The first-order chi connectivity index (χ1) is 8.27. The minimum atomic E-state index is -0.699. The second kappa shape index (κ2) is 4.82. The minimum absolute atomic E-state index is 0.175. The lowest BCUT2D eigenvalue weighted by Crippen LogP contribution is -2.67. The Morgan fingerprint density at radius 1 is 1.35 bits per heavy atom. The highest BCUT2D eigenvalue weighted by molar-refractivity contribution is 5.95. The molecule has 17 heavy (non-hydrogen) atoms. The SMILES string of the molecule is C=CCN1C(=O)[C@H](Oc2ccccc2)[C@@H]1C=O. The summed E-state index contributed by atoms with van der Waals surface area (Å²) in [6.45, 7) is 3.92. The van der Waals surface area contributed by atoms with E-state index in [2.05, 4.69) is 6.58 Å². The lowest BCUT2D eigenvalue weighted by atomic mass is 9.99. The van der Waals surface area contributed by atoms with E-state index in [0.717, 1.165) is 6.29 Å². The van der Waals surface area contributed by atoms with Crippen molar-refractivity contribution in [1.29, 1.82) is 0 Å². The summed E-state index contributed by atoms with van der Waals surface area (Å²) in [5, 5.41) is 0. The Morgan fingerprint density at radius 2 is 2.06 bits per heavy atom. The van der Waals surface area contributed by atoms with Crippen LogP contribution in [0.15, 0.2) is 43.0 Å². The standard InChI is InChI=1S/C13H13NO3/c1-2-8-14-11(9-15)12(13(14)16)17-10-6-4-3-5-7-10/h2-7,9,11-12H,1,8H2/t11-,12+/m0/s1. The van der Waals surface area contributed by atoms with E-state index in [1.54, 1.807) is 18.2 Å². The van der Waals surface area contributed by atoms with Crippen molar-refractivity contribution in [2.45, 2.75) is 12.1 Å². The molecule has 1 aromatic carbocycles. The first-order valence-corrected chi connectivity index (χ1v) is 5.36. The Bertz CT molecular complexity index is 430. The van der Waals surface area contributed by atoms with Crippen molar-refractivity contribution < 1.29 is 14.3 Å². The third kappa shape index (κ3) is 2.06.